The Morgan fingerprint density at radius 2 is 2.50 bits per heavy atom. The van der Waals surface area contributed by atoms with Gasteiger partial charge in [0.05, 0.1) is 12.5 Å². The number of hydrogen-bond acceptors (Lipinski definition) is 4. The molecule has 5 heteroatoms. The minimum absolute atomic E-state index is 0.112. The van der Waals surface area contributed by atoms with E-state index in [2.05, 4.69) is 22.5 Å². The number of carbonyl (C=O) groups is 1. The first-order valence-corrected chi connectivity index (χ1v) is 6.44. The highest BCUT2D eigenvalue weighted by molar-refractivity contribution is 7.09. The van der Waals surface area contributed by atoms with Crippen LogP contribution in [0.3, 0.4) is 0 Å². The van der Waals surface area contributed by atoms with Gasteiger partial charge in [0.1, 0.15) is 5.01 Å². The molecule has 0 bridgehead atoms. The van der Waals surface area contributed by atoms with E-state index in [1.54, 1.807) is 11.3 Å². The van der Waals surface area contributed by atoms with Gasteiger partial charge in [0.15, 0.2) is 0 Å². The third-order valence-corrected chi connectivity index (χ3v) is 3.90. The van der Waals surface area contributed by atoms with Crippen LogP contribution in [0.25, 0.3) is 0 Å². The van der Waals surface area contributed by atoms with E-state index in [0.29, 0.717) is 12.5 Å². The van der Waals surface area contributed by atoms with Gasteiger partial charge in [-0.3, -0.25) is 4.79 Å². The van der Waals surface area contributed by atoms with Crippen LogP contribution in [0, 0.1) is 18.8 Å². The lowest BCUT2D eigenvalue weighted by Gasteiger charge is -2.13. The summed E-state index contributed by atoms with van der Waals surface area (Å²) in [6, 6.07) is 0. The number of rotatable bonds is 3. The van der Waals surface area contributed by atoms with Crippen molar-refractivity contribution in [1.82, 2.24) is 15.6 Å². The number of nitrogens with one attached hydrogen (secondary N) is 2. The predicted molar refractivity (Wildman–Crippen MR) is 64.2 cm³/mol. The van der Waals surface area contributed by atoms with Crippen LogP contribution in [-0.2, 0) is 11.3 Å². The Morgan fingerprint density at radius 3 is 3.06 bits per heavy atom. The maximum Gasteiger partial charge on any atom is 0.225 e. The maximum absolute atomic E-state index is 11.9. The van der Waals surface area contributed by atoms with Crippen LogP contribution >= 0.6 is 11.3 Å². The zero-order chi connectivity index (χ0) is 11.5. The van der Waals surface area contributed by atoms with Gasteiger partial charge in [-0.15, -0.1) is 11.3 Å². The van der Waals surface area contributed by atoms with Gasteiger partial charge in [0.2, 0.25) is 5.91 Å². The number of thiazole rings is 1. The highest BCUT2D eigenvalue weighted by Crippen LogP contribution is 2.16. The lowest BCUT2D eigenvalue weighted by molar-refractivity contribution is -0.125. The summed E-state index contributed by atoms with van der Waals surface area (Å²) in [6.45, 7) is 6.36. The Bertz CT molecular complexity index is 377. The second-order valence-electron chi connectivity index (χ2n) is 4.34. The summed E-state index contributed by atoms with van der Waals surface area (Å²) < 4.78 is 0. The fourth-order valence-electron chi connectivity index (χ4n) is 1.94. The molecule has 16 heavy (non-hydrogen) atoms. The normalized spacial score (nSPS) is 24.6. The van der Waals surface area contributed by atoms with Crippen LogP contribution in [0.15, 0.2) is 5.38 Å². The molecule has 0 spiro atoms. The zero-order valence-electron chi connectivity index (χ0n) is 9.62. The molecule has 1 amide bonds. The van der Waals surface area contributed by atoms with Crippen LogP contribution in [0.2, 0.25) is 0 Å². The van der Waals surface area contributed by atoms with Crippen molar-refractivity contribution in [2.75, 3.05) is 13.1 Å². The zero-order valence-corrected chi connectivity index (χ0v) is 10.4. The number of carbonyl (C=O) groups excluding carboxylic acids is 1. The summed E-state index contributed by atoms with van der Waals surface area (Å²) in [4.78, 5) is 16.2. The van der Waals surface area contributed by atoms with E-state index in [0.717, 1.165) is 23.8 Å². The smallest absolute Gasteiger partial charge is 0.225 e. The van der Waals surface area contributed by atoms with Crippen LogP contribution in [0.5, 0.6) is 0 Å². The SMILES string of the molecule is Cc1csc(CNC(=O)C2CNCC2C)n1. The Morgan fingerprint density at radius 1 is 1.69 bits per heavy atom. The molecule has 88 valence electrons. The summed E-state index contributed by atoms with van der Waals surface area (Å²) in [5.74, 6) is 0.685. The molecular weight excluding hydrogens is 222 g/mol. The molecule has 2 N–H and O–H groups in total. The number of hydrogen-bond donors (Lipinski definition) is 2. The van der Waals surface area contributed by atoms with Gasteiger partial charge in [0, 0.05) is 17.6 Å². The molecule has 1 saturated heterocycles. The molecule has 2 heterocycles. The van der Waals surface area contributed by atoms with Crippen molar-refractivity contribution in [3.63, 3.8) is 0 Å². The van der Waals surface area contributed by atoms with Gasteiger partial charge in [-0.2, -0.15) is 0 Å². The molecule has 1 aliphatic heterocycles. The average molecular weight is 239 g/mol. The van der Waals surface area contributed by atoms with E-state index in [1.807, 2.05) is 12.3 Å². The second-order valence-corrected chi connectivity index (χ2v) is 5.29. The Kier molecular flexibility index (Phi) is 3.56. The van der Waals surface area contributed by atoms with E-state index in [9.17, 15) is 4.79 Å². The molecule has 4 nitrogen and oxygen atoms in total. The molecule has 2 rings (SSSR count). The highest BCUT2D eigenvalue weighted by Gasteiger charge is 2.29. The monoisotopic (exact) mass is 239 g/mol. The van der Waals surface area contributed by atoms with E-state index >= 15 is 0 Å². The molecule has 0 radical (unpaired) electrons. The van der Waals surface area contributed by atoms with Crippen molar-refractivity contribution in [2.45, 2.75) is 20.4 Å². The van der Waals surface area contributed by atoms with E-state index in [-0.39, 0.29) is 11.8 Å². The van der Waals surface area contributed by atoms with E-state index in [4.69, 9.17) is 0 Å². The summed E-state index contributed by atoms with van der Waals surface area (Å²) >= 11 is 1.59. The third kappa shape index (κ3) is 2.59. The highest BCUT2D eigenvalue weighted by atomic mass is 32.1. The first-order valence-electron chi connectivity index (χ1n) is 5.56. The molecule has 1 aromatic rings. The van der Waals surface area contributed by atoms with Gasteiger partial charge in [0.25, 0.3) is 0 Å². The van der Waals surface area contributed by atoms with Crippen molar-refractivity contribution in [3.8, 4) is 0 Å². The predicted octanol–water partition coefficient (Wildman–Crippen LogP) is 0.923. The van der Waals surface area contributed by atoms with E-state index < -0.39 is 0 Å². The van der Waals surface area contributed by atoms with E-state index in [1.165, 1.54) is 0 Å². The van der Waals surface area contributed by atoms with Crippen LogP contribution in [0.1, 0.15) is 17.6 Å². The largest absolute Gasteiger partial charge is 0.349 e. The maximum atomic E-state index is 11.9. The first kappa shape index (κ1) is 11.5. The molecule has 0 saturated carbocycles. The fourth-order valence-corrected chi connectivity index (χ4v) is 2.65. The standard InChI is InChI=1S/C11H17N3OS/c1-7-3-12-4-9(7)11(15)13-5-10-14-8(2)6-16-10/h6-7,9,12H,3-5H2,1-2H3,(H,13,15). The van der Waals surface area contributed by atoms with Crippen molar-refractivity contribution in [1.29, 1.82) is 0 Å². The molecule has 1 aliphatic rings. The second kappa shape index (κ2) is 4.93. The molecule has 0 aromatic carbocycles. The lowest BCUT2D eigenvalue weighted by atomic mass is 9.97. The molecule has 0 aliphatic carbocycles. The number of nitrogens with zero attached hydrogens (tertiary/aromatic N) is 1. The van der Waals surface area contributed by atoms with Crippen molar-refractivity contribution in [3.05, 3.63) is 16.1 Å². The van der Waals surface area contributed by atoms with Crippen molar-refractivity contribution in [2.24, 2.45) is 11.8 Å². The van der Waals surface area contributed by atoms with Crippen LogP contribution in [-0.4, -0.2) is 24.0 Å². The summed E-state index contributed by atoms with van der Waals surface area (Å²) in [7, 11) is 0. The van der Waals surface area contributed by atoms with Crippen molar-refractivity contribution >= 4 is 17.2 Å². The number of aryl methyl sites for hydroxylation is 1. The summed E-state index contributed by atoms with van der Waals surface area (Å²) in [6.07, 6.45) is 0. The molecule has 1 aromatic heterocycles. The average Bonchev–Trinajstić information content (AvgIpc) is 2.84. The van der Waals surface area contributed by atoms with Crippen LogP contribution in [0.4, 0.5) is 0 Å². The first-order chi connectivity index (χ1) is 7.66. The molecular formula is C11H17N3OS. The Balaban J connectivity index is 1.83. The third-order valence-electron chi connectivity index (χ3n) is 2.93. The number of aromatic nitrogens is 1. The minimum Gasteiger partial charge on any atom is -0.349 e. The van der Waals surface area contributed by atoms with Gasteiger partial charge in [-0.1, -0.05) is 6.92 Å². The van der Waals surface area contributed by atoms with Gasteiger partial charge in [-0.05, 0) is 19.4 Å². The topological polar surface area (TPSA) is 54.0 Å². The van der Waals surface area contributed by atoms with Gasteiger partial charge >= 0.3 is 0 Å². The Hall–Kier alpha value is -0.940. The van der Waals surface area contributed by atoms with Gasteiger partial charge in [-0.25, -0.2) is 4.98 Å². The molecule has 1 fully saturated rings. The fraction of sp³-hybridized carbons (Fsp3) is 0.636. The van der Waals surface area contributed by atoms with Gasteiger partial charge < -0.3 is 10.6 Å². The number of amides is 1. The Labute approximate surface area is 99.5 Å². The van der Waals surface area contributed by atoms with Crippen LogP contribution < -0.4 is 10.6 Å². The molecule has 2 unspecified atom stereocenters. The lowest BCUT2D eigenvalue weighted by Crippen LogP contribution is -2.33. The molecule has 2 atom stereocenters. The summed E-state index contributed by atoms with van der Waals surface area (Å²) in [5, 5.41) is 9.16. The van der Waals surface area contributed by atoms with Crippen molar-refractivity contribution < 1.29 is 4.79 Å². The summed E-state index contributed by atoms with van der Waals surface area (Å²) in [5.41, 5.74) is 1.02. The quantitative estimate of drug-likeness (QED) is 0.825. The minimum atomic E-state index is 0.112.